The maximum absolute atomic E-state index is 6.13. The Labute approximate surface area is 133 Å². The van der Waals surface area contributed by atoms with E-state index in [9.17, 15) is 0 Å². The lowest BCUT2D eigenvalue weighted by Crippen LogP contribution is -2.32. The molecule has 0 aromatic heterocycles. The lowest BCUT2D eigenvalue weighted by atomic mass is 10.1. The summed E-state index contributed by atoms with van der Waals surface area (Å²) in [6.07, 6.45) is 10.5. The molecule has 0 aromatic rings. The van der Waals surface area contributed by atoms with Gasteiger partial charge in [-0.2, -0.15) is 0 Å². The van der Waals surface area contributed by atoms with E-state index >= 15 is 0 Å². The van der Waals surface area contributed by atoms with Gasteiger partial charge in [0.2, 0.25) is 0 Å². The maximum Gasteiger partial charge on any atom is 0.186 e. The van der Waals surface area contributed by atoms with Crippen LogP contribution >= 0.6 is 0 Å². The Hall–Kier alpha value is 0.0969. The lowest BCUT2D eigenvalue weighted by Gasteiger charge is -2.23. The molecule has 1 aliphatic heterocycles. The van der Waals surface area contributed by atoms with Crippen molar-refractivity contribution in [1.82, 2.24) is 5.32 Å². The molecule has 1 rings (SSSR count). The lowest BCUT2D eigenvalue weighted by molar-refractivity contribution is 0.0306. The predicted molar refractivity (Wildman–Crippen MR) is 93.5 cm³/mol. The highest BCUT2D eigenvalue weighted by Crippen LogP contribution is 2.16. The summed E-state index contributed by atoms with van der Waals surface area (Å²) in [6, 6.07) is 1.31. The van der Waals surface area contributed by atoms with E-state index in [1.54, 1.807) is 0 Å². The van der Waals surface area contributed by atoms with Crippen molar-refractivity contribution in [2.45, 2.75) is 83.5 Å². The van der Waals surface area contributed by atoms with Crippen LogP contribution in [0.3, 0.4) is 0 Å². The summed E-state index contributed by atoms with van der Waals surface area (Å²) in [7, 11) is -1.35. The van der Waals surface area contributed by atoms with Crippen LogP contribution in [0, 0.1) is 0 Å². The number of unbranched alkanes of at least 4 members (excludes halogenated alkanes) is 4. The molecule has 0 saturated carbocycles. The number of hydrogen-bond donors (Lipinski definition) is 1. The molecule has 1 heterocycles. The van der Waals surface area contributed by atoms with Crippen molar-refractivity contribution >= 4 is 8.32 Å². The van der Waals surface area contributed by atoms with Crippen LogP contribution in [0.5, 0.6) is 0 Å². The standard InChI is InChI=1S/C17H37NO2Si/c1-4-5-16-21(2,3)20-15-9-7-6-8-14-19-17-10-12-18-13-11-17/h17-18H,4-16H2,1-3H3. The Morgan fingerprint density at radius 2 is 1.62 bits per heavy atom. The van der Waals surface area contributed by atoms with Crippen LogP contribution in [-0.2, 0) is 9.16 Å². The Bertz CT molecular complexity index is 243. The third-order valence-corrected chi connectivity index (χ3v) is 6.85. The molecule has 1 saturated heterocycles. The topological polar surface area (TPSA) is 30.5 Å². The highest BCUT2D eigenvalue weighted by atomic mass is 28.4. The Balaban J connectivity index is 1.85. The molecular formula is C17H37NO2Si. The minimum atomic E-state index is -1.35. The summed E-state index contributed by atoms with van der Waals surface area (Å²) in [5, 5.41) is 3.37. The summed E-state index contributed by atoms with van der Waals surface area (Å²) in [6.45, 7) is 11.1. The van der Waals surface area contributed by atoms with Gasteiger partial charge in [-0.3, -0.25) is 0 Å². The van der Waals surface area contributed by atoms with Gasteiger partial charge in [-0.05, 0) is 57.9 Å². The molecule has 0 unspecified atom stereocenters. The van der Waals surface area contributed by atoms with Crippen LogP contribution in [0.2, 0.25) is 19.1 Å². The zero-order valence-corrected chi connectivity index (χ0v) is 15.6. The molecule has 1 aliphatic rings. The second-order valence-electron chi connectivity index (χ2n) is 6.95. The van der Waals surface area contributed by atoms with Crippen molar-refractivity contribution < 1.29 is 9.16 Å². The van der Waals surface area contributed by atoms with E-state index in [1.807, 2.05) is 0 Å². The minimum Gasteiger partial charge on any atom is -0.417 e. The van der Waals surface area contributed by atoms with E-state index in [4.69, 9.17) is 9.16 Å². The monoisotopic (exact) mass is 315 g/mol. The molecule has 1 N–H and O–H groups in total. The third kappa shape index (κ3) is 10.4. The first kappa shape index (κ1) is 19.1. The molecule has 0 bridgehead atoms. The maximum atomic E-state index is 6.13. The molecule has 21 heavy (non-hydrogen) atoms. The van der Waals surface area contributed by atoms with E-state index in [0.717, 1.165) is 26.3 Å². The van der Waals surface area contributed by atoms with Crippen molar-refractivity contribution in [3.63, 3.8) is 0 Å². The fourth-order valence-electron chi connectivity index (χ4n) is 2.79. The van der Waals surface area contributed by atoms with E-state index in [1.165, 1.54) is 57.4 Å². The molecule has 0 amide bonds. The highest BCUT2D eigenvalue weighted by molar-refractivity contribution is 6.71. The van der Waals surface area contributed by atoms with Crippen LogP contribution in [0.15, 0.2) is 0 Å². The Morgan fingerprint density at radius 1 is 0.952 bits per heavy atom. The van der Waals surface area contributed by atoms with Crippen LogP contribution < -0.4 is 5.32 Å². The summed E-state index contributed by atoms with van der Waals surface area (Å²) < 4.78 is 12.1. The molecule has 3 nitrogen and oxygen atoms in total. The molecule has 1 fully saturated rings. The van der Waals surface area contributed by atoms with Crippen molar-refractivity contribution in [2.24, 2.45) is 0 Å². The molecule has 0 radical (unpaired) electrons. The van der Waals surface area contributed by atoms with Gasteiger partial charge in [-0.1, -0.05) is 32.6 Å². The smallest absolute Gasteiger partial charge is 0.186 e. The van der Waals surface area contributed by atoms with E-state index in [0.29, 0.717) is 6.10 Å². The summed E-state index contributed by atoms with van der Waals surface area (Å²) >= 11 is 0. The normalized spacial score (nSPS) is 17.3. The van der Waals surface area contributed by atoms with Gasteiger partial charge in [0.25, 0.3) is 0 Å². The van der Waals surface area contributed by atoms with E-state index in [-0.39, 0.29) is 0 Å². The van der Waals surface area contributed by atoms with Gasteiger partial charge in [0.15, 0.2) is 8.32 Å². The summed E-state index contributed by atoms with van der Waals surface area (Å²) in [5.41, 5.74) is 0. The van der Waals surface area contributed by atoms with Gasteiger partial charge in [0.1, 0.15) is 0 Å². The zero-order valence-electron chi connectivity index (χ0n) is 14.6. The molecule has 4 heteroatoms. The van der Waals surface area contributed by atoms with E-state index < -0.39 is 8.32 Å². The zero-order chi connectivity index (χ0) is 15.4. The van der Waals surface area contributed by atoms with Gasteiger partial charge in [-0.15, -0.1) is 0 Å². The number of hydrogen-bond acceptors (Lipinski definition) is 3. The van der Waals surface area contributed by atoms with E-state index in [2.05, 4.69) is 25.3 Å². The van der Waals surface area contributed by atoms with Crippen LogP contribution in [0.1, 0.15) is 58.3 Å². The predicted octanol–water partition coefficient (Wildman–Crippen LogP) is 4.34. The SMILES string of the molecule is CCCC[Si](C)(C)OCCCCCCOC1CCNCC1. The van der Waals surface area contributed by atoms with Crippen LogP contribution in [0.4, 0.5) is 0 Å². The molecule has 0 aromatic carbocycles. The number of piperidine rings is 1. The third-order valence-electron chi connectivity index (χ3n) is 4.30. The number of ether oxygens (including phenoxy) is 1. The van der Waals surface area contributed by atoms with Crippen molar-refractivity contribution in [3.05, 3.63) is 0 Å². The fourth-order valence-corrected chi connectivity index (χ4v) is 4.84. The van der Waals surface area contributed by atoms with Crippen molar-refractivity contribution in [3.8, 4) is 0 Å². The second kappa shape index (κ2) is 11.6. The Morgan fingerprint density at radius 3 is 2.29 bits per heavy atom. The van der Waals surface area contributed by atoms with Gasteiger partial charge >= 0.3 is 0 Å². The second-order valence-corrected chi connectivity index (χ2v) is 11.3. The van der Waals surface area contributed by atoms with Crippen LogP contribution in [0.25, 0.3) is 0 Å². The fraction of sp³-hybridized carbons (Fsp3) is 1.00. The molecule has 0 atom stereocenters. The average molecular weight is 316 g/mol. The summed E-state index contributed by atoms with van der Waals surface area (Å²) in [5.74, 6) is 0. The first-order valence-corrected chi connectivity index (χ1v) is 12.2. The number of rotatable bonds is 12. The van der Waals surface area contributed by atoms with Gasteiger partial charge in [0.05, 0.1) is 6.10 Å². The van der Waals surface area contributed by atoms with Crippen LogP contribution in [-0.4, -0.2) is 40.7 Å². The van der Waals surface area contributed by atoms with Gasteiger partial charge in [-0.25, -0.2) is 0 Å². The summed E-state index contributed by atoms with van der Waals surface area (Å²) in [4.78, 5) is 0. The number of nitrogens with one attached hydrogen (secondary N) is 1. The largest absolute Gasteiger partial charge is 0.417 e. The highest BCUT2D eigenvalue weighted by Gasteiger charge is 2.20. The molecule has 0 aliphatic carbocycles. The quantitative estimate of drug-likeness (QED) is 0.429. The van der Waals surface area contributed by atoms with Gasteiger partial charge < -0.3 is 14.5 Å². The van der Waals surface area contributed by atoms with Crippen molar-refractivity contribution in [2.75, 3.05) is 26.3 Å². The first-order chi connectivity index (χ1) is 10.1. The molecule has 0 spiro atoms. The molecular weight excluding hydrogens is 278 g/mol. The Kier molecular flexibility index (Phi) is 10.6. The van der Waals surface area contributed by atoms with Crippen molar-refractivity contribution in [1.29, 1.82) is 0 Å². The minimum absolute atomic E-state index is 0.514. The first-order valence-electron chi connectivity index (χ1n) is 9.10. The van der Waals surface area contributed by atoms with Gasteiger partial charge in [0, 0.05) is 13.2 Å². The molecule has 126 valence electrons. The average Bonchev–Trinajstić information content (AvgIpc) is 2.49.